The van der Waals surface area contributed by atoms with Gasteiger partial charge < -0.3 is 15.0 Å². The van der Waals surface area contributed by atoms with Crippen LogP contribution in [0.4, 0.5) is 0 Å². The average Bonchev–Trinajstić information content (AvgIpc) is 3.18. The van der Waals surface area contributed by atoms with Gasteiger partial charge in [-0.05, 0) is 32.3 Å². The van der Waals surface area contributed by atoms with E-state index in [0.717, 1.165) is 19.3 Å². The van der Waals surface area contributed by atoms with Gasteiger partial charge in [-0.15, -0.1) is 0 Å². The molecule has 0 bridgehead atoms. The Hall–Kier alpha value is -1.38. The van der Waals surface area contributed by atoms with Crippen LogP contribution in [0.2, 0.25) is 0 Å². The molecule has 0 unspecified atom stereocenters. The Kier molecular flexibility index (Phi) is 5.98. The summed E-state index contributed by atoms with van der Waals surface area (Å²) in [5.74, 6) is -0.306. The Morgan fingerprint density at radius 2 is 2.14 bits per heavy atom. The fourth-order valence-corrected chi connectivity index (χ4v) is 3.86. The number of sulfonamides is 1. The molecular formula is C14H23N3O4S. The molecule has 0 saturated carbocycles. The smallest absolute Gasteiger partial charge is 0.267 e. The van der Waals surface area contributed by atoms with Gasteiger partial charge in [0, 0.05) is 39.0 Å². The molecule has 1 aromatic heterocycles. The van der Waals surface area contributed by atoms with Gasteiger partial charge in [-0.2, -0.15) is 4.31 Å². The number of amides is 1. The van der Waals surface area contributed by atoms with E-state index in [9.17, 15) is 13.2 Å². The highest BCUT2D eigenvalue weighted by Gasteiger charge is 2.28. The van der Waals surface area contributed by atoms with Crippen LogP contribution < -0.4 is 5.32 Å². The molecular weight excluding hydrogens is 306 g/mol. The van der Waals surface area contributed by atoms with Crippen molar-refractivity contribution in [1.82, 2.24) is 14.6 Å². The predicted octanol–water partition coefficient (Wildman–Crippen LogP) is 0.956. The summed E-state index contributed by atoms with van der Waals surface area (Å²) < 4.78 is 31.4. The minimum absolute atomic E-state index is 0.147. The van der Waals surface area contributed by atoms with E-state index in [1.807, 2.05) is 6.92 Å². The molecule has 1 amide bonds. The molecule has 8 heteroatoms. The van der Waals surface area contributed by atoms with Crippen molar-refractivity contribution >= 4 is 15.9 Å². The fourth-order valence-electron chi connectivity index (χ4n) is 2.35. The third kappa shape index (κ3) is 4.08. The van der Waals surface area contributed by atoms with Gasteiger partial charge in [-0.1, -0.05) is 0 Å². The molecule has 124 valence electrons. The van der Waals surface area contributed by atoms with Crippen LogP contribution >= 0.6 is 0 Å². The maximum Gasteiger partial charge on any atom is 0.267 e. The molecule has 22 heavy (non-hydrogen) atoms. The third-order valence-corrected chi connectivity index (χ3v) is 5.44. The number of aromatic amines is 1. The lowest BCUT2D eigenvalue weighted by Crippen LogP contribution is -2.27. The lowest BCUT2D eigenvalue weighted by Gasteiger charge is -2.13. The predicted molar refractivity (Wildman–Crippen MR) is 82.2 cm³/mol. The third-order valence-electron chi connectivity index (χ3n) is 3.56. The molecule has 0 aliphatic carbocycles. The largest absolute Gasteiger partial charge is 0.382 e. The van der Waals surface area contributed by atoms with Gasteiger partial charge in [-0.25, -0.2) is 8.42 Å². The molecule has 7 nitrogen and oxygen atoms in total. The summed E-state index contributed by atoms with van der Waals surface area (Å²) in [4.78, 5) is 14.8. The van der Waals surface area contributed by atoms with Crippen molar-refractivity contribution in [3.63, 3.8) is 0 Å². The van der Waals surface area contributed by atoms with E-state index in [-0.39, 0.29) is 16.5 Å². The Bertz CT molecular complexity index is 591. The van der Waals surface area contributed by atoms with Crippen LogP contribution in [-0.2, 0) is 14.8 Å². The number of rotatable bonds is 8. The first-order valence-corrected chi connectivity index (χ1v) is 9.04. The molecule has 1 aliphatic heterocycles. The number of nitrogens with zero attached hydrogens (tertiary/aromatic N) is 1. The van der Waals surface area contributed by atoms with Crippen LogP contribution in [0.5, 0.6) is 0 Å². The van der Waals surface area contributed by atoms with Crippen LogP contribution in [0.3, 0.4) is 0 Å². The molecule has 0 radical (unpaired) electrons. The number of carbonyl (C=O) groups is 1. The molecule has 0 aromatic carbocycles. The van der Waals surface area contributed by atoms with Gasteiger partial charge in [0.2, 0.25) is 10.0 Å². The van der Waals surface area contributed by atoms with Gasteiger partial charge in [-0.3, -0.25) is 4.79 Å². The number of ether oxygens (including phenoxy) is 1. The fraction of sp³-hybridized carbons (Fsp3) is 0.643. The van der Waals surface area contributed by atoms with E-state index in [0.29, 0.717) is 32.8 Å². The highest BCUT2D eigenvalue weighted by atomic mass is 32.2. The summed E-state index contributed by atoms with van der Waals surface area (Å²) in [5.41, 5.74) is 0.259. The first-order valence-electron chi connectivity index (χ1n) is 7.60. The van der Waals surface area contributed by atoms with Crippen molar-refractivity contribution < 1.29 is 17.9 Å². The number of hydrogen-bond donors (Lipinski definition) is 2. The highest BCUT2D eigenvalue weighted by Crippen LogP contribution is 2.21. The molecule has 2 rings (SSSR count). The second-order valence-electron chi connectivity index (χ2n) is 5.17. The van der Waals surface area contributed by atoms with Crippen molar-refractivity contribution in [2.24, 2.45) is 0 Å². The standard InChI is InChI=1S/C14H23N3O4S/c1-2-21-9-5-6-15-14(18)13-10-12(11-16-13)22(19,20)17-7-3-4-8-17/h10-11,16H,2-9H2,1H3,(H,15,18). The quantitative estimate of drug-likeness (QED) is 0.695. The Balaban J connectivity index is 1.91. The minimum atomic E-state index is -3.48. The lowest BCUT2D eigenvalue weighted by atomic mass is 10.4. The van der Waals surface area contributed by atoms with E-state index in [1.165, 1.54) is 16.6 Å². The molecule has 1 saturated heterocycles. The first-order chi connectivity index (χ1) is 10.6. The molecule has 2 heterocycles. The van der Waals surface area contributed by atoms with E-state index in [1.54, 1.807) is 0 Å². The van der Waals surface area contributed by atoms with Crippen LogP contribution in [0, 0.1) is 0 Å². The van der Waals surface area contributed by atoms with Gasteiger partial charge in [0.05, 0.1) is 0 Å². The monoisotopic (exact) mass is 329 g/mol. The van der Waals surface area contributed by atoms with Crippen molar-refractivity contribution in [2.75, 3.05) is 32.8 Å². The summed E-state index contributed by atoms with van der Waals surface area (Å²) in [6, 6.07) is 1.39. The average molecular weight is 329 g/mol. The number of nitrogens with one attached hydrogen (secondary N) is 2. The maximum atomic E-state index is 12.4. The van der Waals surface area contributed by atoms with Crippen LogP contribution in [-0.4, -0.2) is 56.5 Å². The summed E-state index contributed by atoms with van der Waals surface area (Å²) in [7, 11) is -3.48. The number of H-pyrrole nitrogens is 1. The van der Waals surface area contributed by atoms with Crippen molar-refractivity contribution in [3.8, 4) is 0 Å². The zero-order valence-corrected chi connectivity index (χ0v) is 13.6. The Morgan fingerprint density at radius 3 is 2.82 bits per heavy atom. The molecule has 0 spiro atoms. The lowest BCUT2D eigenvalue weighted by molar-refractivity contribution is 0.0940. The second-order valence-corrected chi connectivity index (χ2v) is 7.10. The minimum Gasteiger partial charge on any atom is -0.382 e. The molecule has 1 fully saturated rings. The normalized spacial score (nSPS) is 16.0. The molecule has 1 aliphatic rings. The summed E-state index contributed by atoms with van der Waals surface area (Å²) in [5, 5.41) is 2.73. The summed E-state index contributed by atoms with van der Waals surface area (Å²) in [6.45, 7) is 4.75. The van der Waals surface area contributed by atoms with E-state index >= 15 is 0 Å². The number of hydrogen-bond acceptors (Lipinski definition) is 4. The highest BCUT2D eigenvalue weighted by molar-refractivity contribution is 7.89. The molecule has 0 atom stereocenters. The second kappa shape index (κ2) is 7.75. The van der Waals surface area contributed by atoms with Crippen molar-refractivity contribution in [1.29, 1.82) is 0 Å². The number of carbonyl (C=O) groups excluding carboxylic acids is 1. The first kappa shape index (κ1) is 17.0. The topological polar surface area (TPSA) is 91.5 Å². The summed E-state index contributed by atoms with van der Waals surface area (Å²) >= 11 is 0. The maximum absolute atomic E-state index is 12.4. The molecule has 1 aromatic rings. The van der Waals surface area contributed by atoms with Crippen molar-refractivity contribution in [2.45, 2.75) is 31.1 Å². The van der Waals surface area contributed by atoms with Gasteiger partial charge in [0.15, 0.2) is 0 Å². The van der Waals surface area contributed by atoms with Crippen LogP contribution in [0.1, 0.15) is 36.7 Å². The Labute approximate surface area is 131 Å². The van der Waals surface area contributed by atoms with Crippen LogP contribution in [0.15, 0.2) is 17.2 Å². The van der Waals surface area contributed by atoms with Gasteiger partial charge >= 0.3 is 0 Å². The zero-order chi connectivity index (χ0) is 16.0. The molecule has 2 N–H and O–H groups in total. The SMILES string of the molecule is CCOCCCNC(=O)c1cc(S(=O)(=O)N2CCCC2)c[nH]1. The van der Waals surface area contributed by atoms with Crippen molar-refractivity contribution in [3.05, 3.63) is 18.0 Å². The number of aromatic nitrogens is 1. The van der Waals surface area contributed by atoms with E-state index in [2.05, 4.69) is 10.3 Å². The Morgan fingerprint density at radius 1 is 1.41 bits per heavy atom. The van der Waals surface area contributed by atoms with Gasteiger partial charge in [0.25, 0.3) is 5.91 Å². The van der Waals surface area contributed by atoms with Gasteiger partial charge in [0.1, 0.15) is 10.6 Å². The van der Waals surface area contributed by atoms with E-state index < -0.39 is 10.0 Å². The van der Waals surface area contributed by atoms with E-state index in [4.69, 9.17) is 4.74 Å². The summed E-state index contributed by atoms with van der Waals surface area (Å²) in [6.07, 6.45) is 3.87. The van der Waals surface area contributed by atoms with Crippen LogP contribution in [0.25, 0.3) is 0 Å². The zero-order valence-electron chi connectivity index (χ0n) is 12.8.